The van der Waals surface area contributed by atoms with Gasteiger partial charge in [0.05, 0.1) is 5.02 Å². The number of alkyl halides is 1. The largest absolute Gasteiger partial charge is 0.207 e. The maximum absolute atomic E-state index is 13.6. The molecule has 0 radical (unpaired) electrons. The molecule has 15 heavy (non-hydrogen) atoms. The first-order chi connectivity index (χ1) is 6.91. The zero-order valence-corrected chi connectivity index (χ0v) is 12.5. The molecule has 0 aromatic heterocycles. The van der Waals surface area contributed by atoms with E-state index in [4.69, 9.17) is 11.6 Å². The number of benzene rings is 1. The second-order valence-electron chi connectivity index (χ2n) is 3.88. The third-order valence-electron chi connectivity index (χ3n) is 2.06. The molecule has 0 aliphatic carbocycles. The quantitative estimate of drug-likeness (QED) is 0.478. The first kappa shape index (κ1) is 13.5. The molecule has 0 aliphatic rings. The van der Waals surface area contributed by atoms with Crippen molar-refractivity contribution in [2.75, 3.05) is 0 Å². The lowest BCUT2D eigenvalue weighted by molar-refractivity contribution is 0.555. The van der Waals surface area contributed by atoms with Gasteiger partial charge in [-0.05, 0) is 40.4 Å². The van der Waals surface area contributed by atoms with Gasteiger partial charge in [0, 0.05) is 14.9 Å². The van der Waals surface area contributed by atoms with E-state index in [9.17, 15) is 4.39 Å². The number of rotatable bonds is 3. The lowest BCUT2D eigenvalue weighted by Crippen LogP contribution is -1.99. The van der Waals surface area contributed by atoms with Crippen LogP contribution in [0.2, 0.25) is 5.02 Å². The van der Waals surface area contributed by atoms with Crippen molar-refractivity contribution in [2.24, 2.45) is 5.92 Å². The Morgan fingerprint density at radius 2 is 2.00 bits per heavy atom. The summed E-state index contributed by atoms with van der Waals surface area (Å²) >= 11 is 12.6. The second-order valence-corrected chi connectivity index (χ2v) is 6.25. The molecule has 1 aromatic rings. The van der Waals surface area contributed by atoms with Crippen LogP contribution in [0.3, 0.4) is 0 Å². The smallest absolute Gasteiger partial charge is 0.128 e. The van der Waals surface area contributed by atoms with Crippen LogP contribution < -0.4 is 0 Å². The Balaban J connectivity index is 2.98. The Kier molecular flexibility index (Phi) is 5.07. The Hall–Kier alpha value is 0.400. The third kappa shape index (κ3) is 3.72. The van der Waals surface area contributed by atoms with E-state index in [-0.39, 0.29) is 10.6 Å². The van der Waals surface area contributed by atoms with Crippen LogP contribution in [0.25, 0.3) is 0 Å². The number of halogens is 4. The van der Waals surface area contributed by atoms with Crippen molar-refractivity contribution in [2.45, 2.75) is 25.1 Å². The van der Waals surface area contributed by atoms with Gasteiger partial charge in [0.15, 0.2) is 0 Å². The fraction of sp³-hybridized carbons (Fsp3) is 0.455. The van der Waals surface area contributed by atoms with Gasteiger partial charge in [0.1, 0.15) is 5.82 Å². The second kappa shape index (κ2) is 5.65. The SMILES string of the molecule is CC(C)CC(Br)c1cc(Cl)c(Br)cc1F. The summed E-state index contributed by atoms with van der Waals surface area (Å²) in [4.78, 5) is 0.0168. The van der Waals surface area contributed by atoms with Crippen LogP contribution in [0.1, 0.15) is 30.7 Å². The van der Waals surface area contributed by atoms with E-state index in [1.165, 1.54) is 6.07 Å². The normalized spacial score (nSPS) is 13.3. The molecule has 0 nitrogen and oxygen atoms in total. The molecule has 0 spiro atoms. The van der Waals surface area contributed by atoms with Gasteiger partial charge in [-0.3, -0.25) is 0 Å². The van der Waals surface area contributed by atoms with Crippen molar-refractivity contribution < 1.29 is 4.39 Å². The molecule has 1 aromatic carbocycles. The topological polar surface area (TPSA) is 0 Å². The molecule has 0 amide bonds. The summed E-state index contributed by atoms with van der Waals surface area (Å²) in [5, 5.41) is 0.541. The van der Waals surface area contributed by atoms with Crippen molar-refractivity contribution >= 4 is 43.5 Å². The maximum Gasteiger partial charge on any atom is 0.128 e. The minimum atomic E-state index is -0.228. The van der Waals surface area contributed by atoms with Gasteiger partial charge in [-0.2, -0.15) is 0 Å². The Labute approximate surface area is 111 Å². The van der Waals surface area contributed by atoms with Gasteiger partial charge >= 0.3 is 0 Å². The Bertz CT molecular complexity index is 353. The predicted octanol–water partition coefficient (Wildman–Crippen LogP) is 5.72. The zero-order valence-electron chi connectivity index (χ0n) is 8.53. The fourth-order valence-electron chi connectivity index (χ4n) is 1.32. The summed E-state index contributed by atoms with van der Waals surface area (Å²) in [7, 11) is 0. The first-order valence-electron chi connectivity index (χ1n) is 4.70. The van der Waals surface area contributed by atoms with Crippen molar-refractivity contribution in [3.8, 4) is 0 Å². The predicted molar refractivity (Wildman–Crippen MR) is 70.2 cm³/mol. The molecule has 0 heterocycles. The molecule has 1 rings (SSSR count). The van der Waals surface area contributed by atoms with E-state index in [1.54, 1.807) is 6.07 Å². The molecule has 0 fully saturated rings. The van der Waals surface area contributed by atoms with Crippen molar-refractivity contribution in [1.29, 1.82) is 0 Å². The molecular formula is C11H12Br2ClF. The van der Waals surface area contributed by atoms with Crippen LogP contribution in [0.5, 0.6) is 0 Å². The van der Waals surface area contributed by atoms with Gasteiger partial charge in [-0.25, -0.2) is 4.39 Å². The summed E-state index contributed by atoms with van der Waals surface area (Å²) in [5.74, 6) is 0.282. The zero-order chi connectivity index (χ0) is 11.6. The van der Waals surface area contributed by atoms with Crippen LogP contribution in [0, 0.1) is 11.7 Å². The molecule has 0 N–H and O–H groups in total. The highest BCUT2D eigenvalue weighted by atomic mass is 79.9. The standard InChI is InChI=1S/C11H12Br2ClF/c1-6(2)3-8(12)7-4-10(14)9(13)5-11(7)15/h4-6,8H,3H2,1-2H3. The van der Waals surface area contributed by atoms with Gasteiger partial charge in [-0.1, -0.05) is 41.4 Å². The Morgan fingerprint density at radius 1 is 1.40 bits per heavy atom. The highest BCUT2D eigenvalue weighted by Gasteiger charge is 2.16. The van der Waals surface area contributed by atoms with E-state index < -0.39 is 0 Å². The minimum Gasteiger partial charge on any atom is -0.207 e. The van der Waals surface area contributed by atoms with Crippen LogP contribution >= 0.6 is 43.5 Å². The van der Waals surface area contributed by atoms with Crippen LogP contribution in [0.15, 0.2) is 16.6 Å². The molecule has 0 aliphatic heterocycles. The highest BCUT2D eigenvalue weighted by molar-refractivity contribution is 9.10. The maximum atomic E-state index is 13.6. The average molecular weight is 358 g/mol. The summed E-state index contributed by atoms with van der Waals surface area (Å²) in [6.07, 6.45) is 0.884. The van der Waals surface area contributed by atoms with E-state index in [0.29, 0.717) is 21.0 Å². The van der Waals surface area contributed by atoms with E-state index in [0.717, 1.165) is 6.42 Å². The molecule has 0 bridgehead atoms. The summed E-state index contributed by atoms with van der Waals surface area (Å²) in [6, 6.07) is 3.08. The monoisotopic (exact) mass is 356 g/mol. The molecular weight excluding hydrogens is 346 g/mol. The minimum absolute atomic E-state index is 0.0168. The van der Waals surface area contributed by atoms with Gasteiger partial charge in [0.25, 0.3) is 0 Å². The summed E-state index contributed by atoms with van der Waals surface area (Å²) < 4.78 is 14.2. The lowest BCUT2D eigenvalue weighted by Gasteiger charge is -2.14. The average Bonchev–Trinajstić information content (AvgIpc) is 2.09. The van der Waals surface area contributed by atoms with Gasteiger partial charge in [-0.15, -0.1) is 0 Å². The summed E-state index contributed by atoms with van der Waals surface area (Å²) in [6.45, 7) is 4.21. The molecule has 0 saturated carbocycles. The van der Waals surface area contributed by atoms with E-state index in [2.05, 4.69) is 45.7 Å². The van der Waals surface area contributed by atoms with Gasteiger partial charge < -0.3 is 0 Å². The van der Waals surface area contributed by atoms with Crippen LogP contribution in [0.4, 0.5) is 4.39 Å². The van der Waals surface area contributed by atoms with Crippen molar-refractivity contribution in [3.05, 3.63) is 33.0 Å². The number of hydrogen-bond donors (Lipinski definition) is 0. The molecule has 84 valence electrons. The van der Waals surface area contributed by atoms with Crippen molar-refractivity contribution in [1.82, 2.24) is 0 Å². The first-order valence-corrected chi connectivity index (χ1v) is 6.79. The van der Waals surface area contributed by atoms with Crippen LogP contribution in [-0.4, -0.2) is 0 Å². The molecule has 1 unspecified atom stereocenters. The van der Waals surface area contributed by atoms with Gasteiger partial charge in [0.2, 0.25) is 0 Å². The number of hydrogen-bond acceptors (Lipinski definition) is 0. The summed E-state index contributed by atoms with van der Waals surface area (Å²) in [5.41, 5.74) is 0.622. The van der Waals surface area contributed by atoms with E-state index >= 15 is 0 Å². The molecule has 1 atom stereocenters. The lowest BCUT2D eigenvalue weighted by atomic mass is 10.0. The van der Waals surface area contributed by atoms with E-state index in [1.807, 2.05) is 0 Å². The van der Waals surface area contributed by atoms with Crippen molar-refractivity contribution in [3.63, 3.8) is 0 Å². The molecule has 4 heteroatoms. The fourth-order valence-corrected chi connectivity index (χ4v) is 2.90. The Morgan fingerprint density at radius 3 is 2.53 bits per heavy atom. The van der Waals surface area contributed by atoms with Crippen LogP contribution in [-0.2, 0) is 0 Å². The molecule has 0 saturated heterocycles. The third-order valence-corrected chi connectivity index (χ3v) is 4.12. The highest BCUT2D eigenvalue weighted by Crippen LogP contribution is 2.35.